The third-order valence-electron chi connectivity index (χ3n) is 2.87. The Balaban J connectivity index is 2.37. The molecule has 0 bridgehead atoms. The lowest BCUT2D eigenvalue weighted by atomic mass is 10.1. The SMILES string of the molecule is CC(O)CN(C)Cc1oc2ccccc2c1C(=O)O. The molecule has 2 N–H and O–H groups in total. The van der Waals surface area contributed by atoms with Crippen molar-refractivity contribution in [3.63, 3.8) is 0 Å². The van der Waals surface area contributed by atoms with Gasteiger partial charge in [0.25, 0.3) is 0 Å². The van der Waals surface area contributed by atoms with Crippen molar-refractivity contribution in [1.29, 1.82) is 0 Å². The first kappa shape index (κ1) is 13.6. The third-order valence-corrected chi connectivity index (χ3v) is 2.87. The number of benzene rings is 1. The van der Waals surface area contributed by atoms with E-state index < -0.39 is 12.1 Å². The van der Waals surface area contributed by atoms with Crippen LogP contribution in [0, 0.1) is 0 Å². The Labute approximate surface area is 111 Å². The van der Waals surface area contributed by atoms with Gasteiger partial charge in [-0.05, 0) is 20.0 Å². The smallest absolute Gasteiger partial charge is 0.339 e. The number of aromatic carboxylic acids is 1. The standard InChI is InChI=1S/C14H17NO4/c1-9(16)7-15(2)8-12-13(14(17)18)10-5-3-4-6-11(10)19-12/h3-6,9,16H,7-8H2,1-2H3,(H,17,18). The summed E-state index contributed by atoms with van der Waals surface area (Å²) in [6.45, 7) is 2.49. The predicted octanol–water partition coefficient (Wildman–Crippen LogP) is 1.94. The number of aliphatic hydroxyl groups is 1. The number of likely N-dealkylation sites (N-methyl/N-ethyl adjacent to an activating group) is 1. The molecule has 2 rings (SSSR count). The molecule has 0 aliphatic carbocycles. The van der Waals surface area contributed by atoms with E-state index in [4.69, 9.17) is 4.42 Å². The molecule has 1 aromatic carbocycles. The van der Waals surface area contributed by atoms with E-state index in [0.717, 1.165) is 0 Å². The van der Waals surface area contributed by atoms with Crippen LogP contribution in [-0.4, -0.2) is 40.8 Å². The van der Waals surface area contributed by atoms with Crippen LogP contribution in [0.15, 0.2) is 28.7 Å². The van der Waals surface area contributed by atoms with Crippen LogP contribution in [0.5, 0.6) is 0 Å². The van der Waals surface area contributed by atoms with Crippen LogP contribution in [0.3, 0.4) is 0 Å². The molecular formula is C14H17NO4. The minimum absolute atomic E-state index is 0.202. The van der Waals surface area contributed by atoms with Gasteiger partial charge in [0.05, 0.1) is 12.6 Å². The van der Waals surface area contributed by atoms with E-state index in [9.17, 15) is 15.0 Å². The molecule has 0 fully saturated rings. The summed E-state index contributed by atoms with van der Waals surface area (Å²) in [7, 11) is 1.81. The minimum Gasteiger partial charge on any atom is -0.478 e. The number of fused-ring (bicyclic) bond motifs is 1. The van der Waals surface area contributed by atoms with E-state index in [1.54, 1.807) is 31.2 Å². The van der Waals surface area contributed by atoms with Crippen LogP contribution >= 0.6 is 0 Å². The van der Waals surface area contributed by atoms with Crippen molar-refractivity contribution >= 4 is 16.9 Å². The van der Waals surface area contributed by atoms with E-state index >= 15 is 0 Å². The third kappa shape index (κ3) is 2.94. The van der Waals surface area contributed by atoms with Crippen molar-refractivity contribution in [2.75, 3.05) is 13.6 Å². The molecule has 5 heteroatoms. The van der Waals surface area contributed by atoms with Crippen molar-refractivity contribution in [2.45, 2.75) is 19.6 Å². The number of hydrogen-bond donors (Lipinski definition) is 2. The van der Waals surface area contributed by atoms with E-state index in [0.29, 0.717) is 29.8 Å². The summed E-state index contributed by atoms with van der Waals surface area (Å²) < 4.78 is 5.61. The second-order valence-corrected chi connectivity index (χ2v) is 4.75. The van der Waals surface area contributed by atoms with Crippen LogP contribution in [0.1, 0.15) is 23.0 Å². The van der Waals surface area contributed by atoms with Gasteiger partial charge < -0.3 is 14.6 Å². The van der Waals surface area contributed by atoms with Crippen molar-refractivity contribution in [3.05, 3.63) is 35.6 Å². The second kappa shape index (κ2) is 5.42. The molecule has 102 valence electrons. The molecule has 0 aliphatic heterocycles. The highest BCUT2D eigenvalue weighted by Crippen LogP contribution is 2.26. The fraction of sp³-hybridized carbons (Fsp3) is 0.357. The van der Waals surface area contributed by atoms with E-state index in [2.05, 4.69) is 0 Å². The van der Waals surface area contributed by atoms with Gasteiger partial charge in [0.2, 0.25) is 0 Å². The number of nitrogens with zero attached hydrogens (tertiary/aromatic N) is 1. The fourth-order valence-electron chi connectivity index (χ4n) is 2.20. The highest BCUT2D eigenvalue weighted by atomic mass is 16.4. The van der Waals surface area contributed by atoms with Crippen molar-refractivity contribution < 1.29 is 19.4 Å². The number of furan rings is 1. The first-order valence-electron chi connectivity index (χ1n) is 6.09. The Morgan fingerprint density at radius 2 is 2.11 bits per heavy atom. The Bertz CT molecular complexity index is 588. The van der Waals surface area contributed by atoms with Crippen molar-refractivity contribution in [3.8, 4) is 0 Å². The molecule has 1 aromatic heterocycles. The van der Waals surface area contributed by atoms with Gasteiger partial charge >= 0.3 is 5.97 Å². The highest BCUT2D eigenvalue weighted by Gasteiger charge is 2.21. The molecule has 1 unspecified atom stereocenters. The van der Waals surface area contributed by atoms with Crippen LogP contribution in [-0.2, 0) is 6.54 Å². The lowest BCUT2D eigenvalue weighted by Gasteiger charge is -2.17. The molecule has 19 heavy (non-hydrogen) atoms. The monoisotopic (exact) mass is 263 g/mol. The number of hydrogen-bond acceptors (Lipinski definition) is 4. The number of para-hydroxylation sites is 1. The fourth-order valence-corrected chi connectivity index (χ4v) is 2.20. The molecule has 5 nitrogen and oxygen atoms in total. The molecule has 0 spiro atoms. The summed E-state index contributed by atoms with van der Waals surface area (Å²) in [5, 5.41) is 19.3. The average Bonchev–Trinajstić information content (AvgIpc) is 2.64. The van der Waals surface area contributed by atoms with Crippen molar-refractivity contribution in [2.24, 2.45) is 0 Å². The number of aliphatic hydroxyl groups excluding tert-OH is 1. The van der Waals surface area contributed by atoms with Gasteiger partial charge in [-0.1, -0.05) is 18.2 Å². The number of carboxylic acids is 1. The van der Waals surface area contributed by atoms with Crippen molar-refractivity contribution in [1.82, 2.24) is 4.90 Å². The molecule has 0 radical (unpaired) electrons. The van der Waals surface area contributed by atoms with Gasteiger partial charge in [0.1, 0.15) is 16.9 Å². The lowest BCUT2D eigenvalue weighted by molar-refractivity contribution is 0.0694. The maximum Gasteiger partial charge on any atom is 0.339 e. The molecule has 0 aliphatic rings. The first-order valence-corrected chi connectivity index (χ1v) is 6.09. The quantitative estimate of drug-likeness (QED) is 0.862. The maximum atomic E-state index is 11.4. The number of rotatable bonds is 5. The lowest BCUT2D eigenvalue weighted by Crippen LogP contribution is -2.27. The predicted molar refractivity (Wildman–Crippen MR) is 71.2 cm³/mol. The molecule has 0 amide bonds. The Morgan fingerprint density at radius 1 is 1.42 bits per heavy atom. The zero-order chi connectivity index (χ0) is 14.0. The Morgan fingerprint density at radius 3 is 2.74 bits per heavy atom. The topological polar surface area (TPSA) is 73.9 Å². The van der Waals surface area contributed by atoms with E-state index in [1.807, 2.05) is 11.9 Å². The summed E-state index contributed by atoms with van der Waals surface area (Å²) in [4.78, 5) is 13.2. The molecule has 0 saturated heterocycles. The van der Waals surface area contributed by atoms with Gasteiger partial charge in [-0.15, -0.1) is 0 Å². The van der Waals surface area contributed by atoms with Gasteiger partial charge in [-0.25, -0.2) is 4.79 Å². The Hall–Kier alpha value is -1.85. The molecular weight excluding hydrogens is 246 g/mol. The molecule has 0 saturated carbocycles. The maximum absolute atomic E-state index is 11.4. The van der Waals surface area contributed by atoms with Gasteiger partial charge in [0.15, 0.2) is 0 Å². The average molecular weight is 263 g/mol. The highest BCUT2D eigenvalue weighted by molar-refractivity contribution is 6.03. The minimum atomic E-state index is -0.995. The van der Waals surface area contributed by atoms with Crippen LogP contribution < -0.4 is 0 Å². The zero-order valence-electron chi connectivity index (χ0n) is 11.0. The summed E-state index contributed by atoms with van der Waals surface area (Å²) in [5.74, 6) is -0.581. The van der Waals surface area contributed by atoms with Crippen LogP contribution in [0.4, 0.5) is 0 Å². The van der Waals surface area contributed by atoms with E-state index in [1.165, 1.54) is 0 Å². The number of carbonyl (C=O) groups is 1. The summed E-state index contributed by atoms with van der Waals surface area (Å²) in [5.41, 5.74) is 0.772. The second-order valence-electron chi connectivity index (χ2n) is 4.75. The summed E-state index contributed by atoms with van der Waals surface area (Å²) >= 11 is 0. The number of carboxylic acid groups (broad SMARTS) is 1. The van der Waals surface area contributed by atoms with Crippen LogP contribution in [0.25, 0.3) is 11.0 Å². The largest absolute Gasteiger partial charge is 0.478 e. The normalized spacial score (nSPS) is 13.1. The Kier molecular flexibility index (Phi) is 3.87. The molecule has 1 atom stereocenters. The van der Waals surface area contributed by atoms with E-state index in [-0.39, 0.29) is 5.56 Å². The summed E-state index contributed by atoms with van der Waals surface area (Å²) in [6.07, 6.45) is -0.470. The van der Waals surface area contributed by atoms with Crippen LogP contribution in [0.2, 0.25) is 0 Å². The van der Waals surface area contributed by atoms with Gasteiger partial charge in [-0.2, -0.15) is 0 Å². The summed E-state index contributed by atoms with van der Waals surface area (Å²) in [6, 6.07) is 7.08. The zero-order valence-corrected chi connectivity index (χ0v) is 11.0. The molecule has 2 aromatic rings. The van der Waals surface area contributed by atoms with Gasteiger partial charge in [0, 0.05) is 11.9 Å². The van der Waals surface area contributed by atoms with Gasteiger partial charge in [-0.3, -0.25) is 4.90 Å². The molecule has 1 heterocycles. The first-order chi connectivity index (χ1) is 8.99.